The summed E-state index contributed by atoms with van der Waals surface area (Å²) in [5, 5.41) is 0.397. The van der Waals surface area contributed by atoms with Crippen molar-refractivity contribution in [3.05, 3.63) is 23.2 Å². The second-order valence-corrected chi connectivity index (χ2v) is 5.16. The van der Waals surface area contributed by atoms with E-state index in [1.807, 2.05) is 0 Å². The Morgan fingerprint density at radius 3 is 2.82 bits per heavy atom. The van der Waals surface area contributed by atoms with Crippen molar-refractivity contribution in [3.8, 4) is 0 Å². The first-order valence-corrected chi connectivity index (χ1v) is 6.62. The zero-order chi connectivity index (χ0) is 12.9. The van der Waals surface area contributed by atoms with Crippen LogP contribution in [0, 0.1) is 0 Å². The zero-order valence-corrected chi connectivity index (χ0v) is 10.8. The van der Waals surface area contributed by atoms with Gasteiger partial charge in [0.15, 0.2) is 0 Å². The van der Waals surface area contributed by atoms with Gasteiger partial charge in [0.05, 0.1) is 18.0 Å². The van der Waals surface area contributed by atoms with Gasteiger partial charge in [-0.25, -0.2) is 0 Å². The minimum atomic E-state index is -3.66. The molecule has 1 aromatic rings. The van der Waals surface area contributed by atoms with Crippen molar-refractivity contribution >= 4 is 33.2 Å². The van der Waals surface area contributed by atoms with Crippen LogP contribution in [0.3, 0.4) is 0 Å². The number of halogens is 1. The maximum absolute atomic E-state index is 11.6. The van der Waals surface area contributed by atoms with Gasteiger partial charge in [-0.1, -0.05) is 11.6 Å². The molecule has 0 atom stereocenters. The number of ether oxygens (including phenoxy) is 1. The van der Waals surface area contributed by atoms with Gasteiger partial charge in [0.25, 0.3) is 10.2 Å². The normalized spacial score (nSPS) is 11.4. The van der Waals surface area contributed by atoms with Crippen molar-refractivity contribution in [2.24, 2.45) is 0 Å². The lowest BCUT2D eigenvalue weighted by atomic mass is 10.3. The van der Waals surface area contributed by atoms with E-state index in [-0.39, 0.29) is 18.8 Å². The van der Waals surface area contributed by atoms with Crippen LogP contribution < -0.4 is 15.2 Å². The Balaban J connectivity index is 2.72. The van der Waals surface area contributed by atoms with Gasteiger partial charge >= 0.3 is 0 Å². The van der Waals surface area contributed by atoms with Crippen LogP contribution >= 0.6 is 11.6 Å². The largest absolute Gasteiger partial charge is 0.397 e. The average Bonchev–Trinajstić information content (AvgIpc) is 2.23. The molecular formula is C9H14ClN3O3S. The number of benzene rings is 1. The molecule has 0 spiro atoms. The minimum Gasteiger partial charge on any atom is -0.397 e. The molecule has 0 aliphatic heterocycles. The first-order chi connectivity index (χ1) is 7.94. The molecule has 0 radical (unpaired) electrons. The standard InChI is InChI=1S/C9H14ClN3O3S/c1-16-5-4-12-17(14,15)13-9-6-7(10)2-3-8(9)11/h2-3,6,12-13H,4-5,11H2,1H3. The molecule has 0 fully saturated rings. The van der Waals surface area contributed by atoms with E-state index in [4.69, 9.17) is 22.1 Å². The monoisotopic (exact) mass is 279 g/mol. The van der Waals surface area contributed by atoms with Crippen molar-refractivity contribution in [1.82, 2.24) is 4.72 Å². The molecule has 0 aliphatic rings. The van der Waals surface area contributed by atoms with Gasteiger partial charge in [-0.2, -0.15) is 13.1 Å². The molecule has 0 aromatic heterocycles. The summed E-state index contributed by atoms with van der Waals surface area (Å²) < 4.78 is 32.4. The maximum Gasteiger partial charge on any atom is 0.299 e. The zero-order valence-electron chi connectivity index (χ0n) is 9.23. The van der Waals surface area contributed by atoms with Crippen molar-refractivity contribution < 1.29 is 13.2 Å². The molecule has 6 nitrogen and oxygen atoms in total. The van der Waals surface area contributed by atoms with Crippen LogP contribution in [0.15, 0.2) is 18.2 Å². The van der Waals surface area contributed by atoms with Crippen LogP contribution in [0.2, 0.25) is 5.02 Å². The molecule has 17 heavy (non-hydrogen) atoms. The number of anilines is 2. The summed E-state index contributed by atoms with van der Waals surface area (Å²) in [6, 6.07) is 4.54. The highest BCUT2D eigenvalue weighted by molar-refractivity contribution is 7.90. The van der Waals surface area contributed by atoms with Gasteiger partial charge in [-0.3, -0.25) is 4.72 Å². The molecule has 0 heterocycles. The second kappa shape index (κ2) is 6.06. The van der Waals surface area contributed by atoms with Crippen LogP contribution in [0.4, 0.5) is 11.4 Å². The van der Waals surface area contributed by atoms with Gasteiger partial charge in [0.1, 0.15) is 0 Å². The summed E-state index contributed by atoms with van der Waals surface area (Å²) >= 11 is 5.74. The van der Waals surface area contributed by atoms with Crippen LogP contribution in [0.25, 0.3) is 0 Å². The summed E-state index contributed by atoms with van der Waals surface area (Å²) in [6.45, 7) is 0.457. The van der Waals surface area contributed by atoms with Gasteiger partial charge in [-0.15, -0.1) is 0 Å². The Kier molecular flexibility index (Phi) is 5.01. The Bertz CT molecular complexity index is 478. The summed E-state index contributed by atoms with van der Waals surface area (Å²) in [5.41, 5.74) is 6.15. The van der Waals surface area contributed by atoms with Crippen LogP contribution in [-0.2, 0) is 14.9 Å². The van der Waals surface area contributed by atoms with Crippen LogP contribution in [0.1, 0.15) is 0 Å². The van der Waals surface area contributed by atoms with E-state index in [0.29, 0.717) is 10.7 Å². The van der Waals surface area contributed by atoms with Gasteiger partial charge in [0, 0.05) is 18.7 Å². The van der Waals surface area contributed by atoms with E-state index in [0.717, 1.165) is 0 Å². The SMILES string of the molecule is COCCNS(=O)(=O)Nc1cc(Cl)ccc1N. The number of nitrogens with one attached hydrogen (secondary N) is 2. The lowest BCUT2D eigenvalue weighted by Gasteiger charge is -2.11. The Morgan fingerprint density at radius 2 is 2.18 bits per heavy atom. The van der Waals surface area contributed by atoms with E-state index in [1.165, 1.54) is 19.2 Å². The molecule has 0 saturated carbocycles. The molecule has 4 N–H and O–H groups in total. The summed E-state index contributed by atoms with van der Waals surface area (Å²) in [7, 11) is -2.18. The predicted molar refractivity (Wildman–Crippen MR) is 68.3 cm³/mol. The minimum absolute atomic E-state index is 0.173. The highest BCUT2D eigenvalue weighted by atomic mass is 35.5. The van der Waals surface area contributed by atoms with E-state index < -0.39 is 10.2 Å². The smallest absolute Gasteiger partial charge is 0.299 e. The topological polar surface area (TPSA) is 93.4 Å². The van der Waals surface area contributed by atoms with E-state index in [9.17, 15) is 8.42 Å². The number of nitrogens with two attached hydrogens (primary N) is 1. The van der Waals surface area contributed by atoms with E-state index in [2.05, 4.69) is 9.44 Å². The summed E-state index contributed by atoms with van der Waals surface area (Å²) in [5.74, 6) is 0. The lowest BCUT2D eigenvalue weighted by molar-refractivity contribution is 0.204. The highest BCUT2D eigenvalue weighted by Gasteiger charge is 2.11. The van der Waals surface area contributed by atoms with Crippen LogP contribution in [0.5, 0.6) is 0 Å². The van der Waals surface area contributed by atoms with Crippen molar-refractivity contribution in [2.45, 2.75) is 0 Å². The molecule has 0 bridgehead atoms. The second-order valence-electron chi connectivity index (χ2n) is 3.22. The fraction of sp³-hybridized carbons (Fsp3) is 0.333. The molecule has 1 aromatic carbocycles. The maximum atomic E-state index is 11.6. The first kappa shape index (κ1) is 14.0. The third-order valence-electron chi connectivity index (χ3n) is 1.86. The van der Waals surface area contributed by atoms with Crippen molar-refractivity contribution in [1.29, 1.82) is 0 Å². The molecular weight excluding hydrogens is 266 g/mol. The fourth-order valence-corrected chi connectivity index (χ4v) is 2.14. The molecule has 0 aliphatic carbocycles. The quantitative estimate of drug-likeness (QED) is 0.531. The number of rotatable bonds is 6. The fourth-order valence-electron chi connectivity index (χ4n) is 1.08. The molecule has 1 rings (SSSR count). The third-order valence-corrected chi connectivity index (χ3v) is 3.17. The van der Waals surface area contributed by atoms with Crippen molar-refractivity contribution in [3.63, 3.8) is 0 Å². The van der Waals surface area contributed by atoms with E-state index >= 15 is 0 Å². The van der Waals surface area contributed by atoms with Crippen molar-refractivity contribution in [2.75, 3.05) is 30.7 Å². The first-order valence-electron chi connectivity index (χ1n) is 4.76. The summed E-state index contributed by atoms with van der Waals surface area (Å²) in [6.07, 6.45) is 0. The third kappa shape index (κ3) is 4.78. The average molecular weight is 280 g/mol. The Labute approximate surface area is 105 Å². The number of methoxy groups -OCH3 is 1. The molecule has 0 unspecified atom stereocenters. The lowest BCUT2D eigenvalue weighted by Crippen LogP contribution is -2.32. The number of hydrogen-bond acceptors (Lipinski definition) is 4. The van der Waals surface area contributed by atoms with Gasteiger partial charge < -0.3 is 10.5 Å². The molecule has 0 amide bonds. The Hall–Kier alpha value is -1.02. The van der Waals surface area contributed by atoms with E-state index in [1.54, 1.807) is 6.07 Å². The van der Waals surface area contributed by atoms with Gasteiger partial charge in [-0.05, 0) is 18.2 Å². The predicted octanol–water partition coefficient (Wildman–Crippen LogP) is 0.815. The van der Waals surface area contributed by atoms with Gasteiger partial charge in [0.2, 0.25) is 0 Å². The molecule has 96 valence electrons. The van der Waals surface area contributed by atoms with Crippen LogP contribution in [-0.4, -0.2) is 28.7 Å². The molecule has 0 saturated heterocycles. The highest BCUT2D eigenvalue weighted by Crippen LogP contribution is 2.23. The summed E-state index contributed by atoms with van der Waals surface area (Å²) in [4.78, 5) is 0. The number of hydrogen-bond donors (Lipinski definition) is 3. The Morgan fingerprint density at radius 1 is 1.47 bits per heavy atom. The number of nitrogen functional groups attached to an aromatic ring is 1. The molecule has 8 heteroatoms.